The third-order valence-corrected chi connectivity index (χ3v) is 7.54. The molecule has 7 aromatic rings. The van der Waals surface area contributed by atoms with E-state index < -0.39 is 0 Å². The van der Waals surface area contributed by atoms with Crippen LogP contribution in [0, 0.1) is 6.92 Å². The minimum absolute atomic E-state index is 0.292. The summed E-state index contributed by atoms with van der Waals surface area (Å²) < 4.78 is 0. The molecule has 1 aromatic heterocycles. The molecular weight excluding hydrogens is 410 g/mol. The van der Waals surface area contributed by atoms with Gasteiger partial charge in [-0.25, -0.2) is 0 Å². The van der Waals surface area contributed by atoms with Gasteiger partial charge in [0, 0.05) is 22.5 Å². The molecule has 0 aliphatic heterocycles. The lowest BCUT2D eigenvalue weighted by atomic mass is 9.85. The lowest BCUT2D eigenvalue weighted by Crippen LogP contribution is -1.98. The number of benzene rings is 6. The minimum Gasteiger partial charge on any atom is -0.355 e. The van der Waals surface area contributed by atoms with Gasteiger partial charge in [0.05, 0.1) is 0 Å². The van der Waals surface area contributed by atoms with Crippen LogP contribution in [0.15, 0.2) is 103 Å². The van der Waals surface area contributed by atoms with Crippen LogP contribution in [0.3, 0.4) is 0 Å². The standard InChI is InChI=1S/C33H25N/c1-20-6-8-22(9-7-20)30-19-27-13-12-26(18-31(27)34-30)21(2)28-16-14-25-11-10-23-4-3-5-24-15-17-29(28)33(25)32(23)24/h3-19,21,34H,1-2H3. The molecule has 1 unspecified atom stereocenters. The molecular formula is C33H25N. The van der Waals surface area contributed by atoms with Gasteiger partial charge in [-0.05, 0) is 68.1 Å². The third kappa shape index (κ3) is 2.87. The Bertz CT molecular complexity index is 1800. The molecule has 0 aliphatic rings. The van der Waals surface area contributed by atoms with E-state index in [2.05, 4.69) is 122 Å². The second-order valence-corrected chi connectivity index (χ2v) is 9.63. The first kappa shape index (κ1) is 19.4. The molecule has 0 saturated carbocycles. The van der Waals surface area contributed by atoms with Crippen molar-refractivity contribution >= 4 is 43.2 Å². The Labute approximate surface area is 199 Å². The third-order valence-electron chi connectivity index (χ3n) is 7.54. The Morgan fingerprint density at radius 1 is 0.618 bits per heavy atom. The summed E-state index contributed by atoms with van der Waals surface area (Å²) in [4.78, 5) is 3.66. The molecule has 0 fully saturated rings. The van der Waals surface area contributed by atoms with Crippen molar-refractivity contribution in [1.82, 2.24) is 4.98 Å². The van der Waals surface area contributed by atoms with Crippen LogP contribution in [-0.2, 0) is 0 Å². The van der Waals surface area contributed by atoms with Crippen LogP contribution in [0.4, 0.5) is 0 Å². The number of aromatic nitrogens is 1. The van der Waals surface area contributed by atoms with Crippen molar-refractivity contribution in [2.45, 2.75) is 19.8 Å². The molecule has 7 rings (SSSR count). The van der Waals surface area contributed by atoms with E-state index >= 15 is 0 Å². The van der Waals surface area contributed by atoms with Gasteiger partial charge in [0.15, 0.2) is 0 Å². The molecule has 162 valence electrons. The zero-order valence-corrected chi connectivity index (χ0v) is 19.4. The van der Waals surface area contributed by atoms with E-state index in [0.29, 0.717) is 5.92 Å². The molecule has 0 spiro atoms. The second kappa shape index (κ2) is 7.20. The van der Waals surface area contributed by atoms with Crippen LogP contribution >= 0.6 is 0 Å². The molecule has 1 atom stereocenters. The lowest BCUT2D eigenvalue weighted by Gasteiger charge is -2.18. The summed E-state index contributed by atoms with van der Waals surface area (Å²) in [5, 5.41) is 9.34. The number of nitrogens with one attached hydrogen (secondary N) is 1. The van der Waals surface area contributed by atoms with E-state index in [4.69, 9.17) is 0 Å². The van der Waals surface area contributed by atoms with E-state index in [1.165, 1.54) is 71.2 Å². The first-order valence-electron chi connectivity index (χ1n) is 12.0. The average Bonchev–Trinajstić information content (AvgIpc) is 3.31. The van der Waals surface area contributed by atoms with Gasteiger partial charge >= 0.3 is 0 Å². The van der Waals surface area contributed by atoms with E-state index in [1.807, 2.05) is 0 Å². The van der Waals surface area contributed by atoms with E-state index in [9.17, 15) is 0 Å². The maximum atomic E-state index is 3.66. The molecule has 1 N–H and O–H groups in total. The van der Waals surface area contributed by atoms with Crippen molar-refractivity contribution in [2.24, 2.45) is 0 Å². The molecule has 1 heteroatoms. The number of hydrogen-bond acceptors (Lipinski definition) is 0. The average molecular weight is 436 g/mol. The SMILES string of the molecule is Cc1ccc(-c2cc3ccc(C(C)c4ccc5ccc6cccc7ccc4c5c67)cc3[nH]2)cc1. The maximum Gasteiger partial charge on any atom is 0.0464 e. The first-order valence-corrected chi connectivity index (χ1v) is 12.0. The number of aromatic amines is 1. The van der Waals surface area contributed by atoms with Crippen LogP contribution in [0.25, 0.3) is 54.5 Å². The largest absolute Gasteiger partial charge is 0.355 e. The molecule has 0 amide bonds. The summed E-state index contributed by atoms with van der Waals surface area (Å²) >= 11 is 0. The fourth-order valence-electron chi connectivity index (χ4n) is 5.62. The van der Waals surface area contributed by atoms with E-state index in [0.717, 1.165) is 0 Å². The highest BCUT2D eigenvalue weighted by Crippen LogP contribution is 2.39. The summed E-state index contributed by atoms with van der Waals surface area (Å²) in [5.74, 6) is 0.292. The Kier molecular flexibility index (Phi) is 4.10. The Balaban J connectivity index is 1.36. The lowest BCUT2D eigenvalue weighted by molar-refractivity contribution is 0.936. The Hall–Kier alpha value is -4.10. The molecule has 0 saturated heterocycles. The van der Waals surface area contributed by atoms with Gasteiger partial charge in [-0.15, -0.1) is 0 Å². The monoisotopic (exact) mass is 435 g/mol. The second-order valence-electron chi connectivity index (χ2n) is 9.63. The summed E-state index contributed by atoms with van der Waals surface area (Å²) in [6, 6.07) is 38.2. The van der Waals surface area contributed by atoms with Gasteiger partial charge in [-0.2, -0.15) is 0 Å². The van der Waals surface area contributed by atoms with Crippen molar-refractivity contribution in [3.8, 4) is 11.3 Å². The molecule has 1 heterocycles. The maximum absolute atomic E-state index is 3.66. The van der Waals surface area contributed by atoms with E-state index in [1.54, 1.807) is 0 Å². The van der Waals surface area contributed by atoms with Crippen molar-refractivity contribution in [3.05, 3.63) is 120 Å². The van der Waals surface area contributed by atoms with Gasteiger partial charge in [-0.1, -0.05) is 103 Å². The van der Waals surface area contributed by atoms with Crippen molar-refractivity contribution in [3.63, 3.8) is 0 Å². The predicted octanol–water partition coefficient (Wildman–Crippen LogP) is 9.19. The van der Waals surface area contributed by atoms with Gasteiger partial charge in [0.25, 0.3) is 0 Å². The van der Waals surface area contributed by atoms with Crippen LogP contribution in [-0.4, -0.2) is 4.98 Å². The Morgan fingerprint density at radius 3 is 2.09 bits per heavy atom. The van der Waals surface area contributed by atoms with Gasteiger partial charge in [-0.3, -0.25) is 0 Å². The van der Waals surface area contributed by atoms with Crippen LogP contribution in [0.2, 0.25) is 0 Å². The normalized spacial score (nSPS) is 12.9. The minimum atomic E-state index is 0.292. The van der Waals surface area contributed by atoms with Crippen molar-refractivity contribution < 1.29 is 0 Å². The molecule has 0 aliphatic carbocycles. The number of H-pyrrole nitrogens is 1. The van der Waals surface area contributed by atoms with Crippen molar-refractivity contribution in [2.75, 3.05) is 0 Å². The zero-order chi connectivity index (χ0) is 22.8. The molecule has 34 heavy (non-hydrogen) atoms. The molecule has 6 aromatic carbocycles. The first-order chi connectivity index (χ1) is 16.7. The van der Waals surface area contributed by atoms with Gasteiger partial charge in [0.1, 0.15) is 0 Å². The number of aryl methyl sites for hydroxylation is 1. The van der Waals surface area contributed by atoms with Crippen LogP contribution in [0.1, 0.15) is 29.5 Å². The molecule has 0 radical (unpaired) electrons. The number of rotatable bonds is 3. The topological polar surface area (TPSA) is 15.8 Å². The van der Waals surface area contributed by atoms with Crippen molar-refractivity contribution in [1.29, 1.82) is 0 Å². The summed E-state index contributed by atoms with van der Waals surface area (Å²) in [6.07, 6.45) is 0. The summed E-state index contributed by atoms with van der Waals surface area (Å²) in [7, 11) is 0. The Morgan fingerprint density at radius 2 is 1.29 bits per heavy atom. The summed E-state index contributed by atoms with van der Waals surface area (Å²) in [5.41, 5.74) is 7.59. The van der Waals surface area contributed by atoms with Crippen LogP contribution in [0.5, 0.6) is 0 Å². The van der Waals surface area contributed by atoms with E-state index in [-0.39, 0.29) is 0 Å². The highest BCUT2D eigenvalue weighted by molar-refractivity contribution is 6.23. The number of fused-ring (bicyclic) bond motifs is 1. The number of hydrogen-bond donors (Lipinski definition) is 1. The smallest absolute Gasteiger partial charge is 0.0464 e. The summed E-state index contributed by atoms with van der Waals surface area (Å²) in [6.45, 7) is 4.46. The molecule has 1 nitrogen and oxygen atoms in total. The fraction of sp³-hybridized carbons (Fsp3) is 0.0909. The quantitative estimate of drug-likeness (QED) is 0.266. The fourth-order valence-corrected chi connectivity index (χ4v) is 5.62. The van der Waals surface area contributed by atoms with Crippen LogP contribution < -0.4 is 0 Å². The molecule has 0 bridgehead atoms. The highest BCUT2D eigenvalue weighted by atomic mass is 14.7. The highest BCUT2D eigenvalue weighted by Gasteiger charge is 2.16. The van der Waals surface area contributed by atoms with Gasteiger partial charge < -0.3 is 4.98 Å². The van der Waals surface area contributed by atoms with Gasteiger partial charge in [0.2, 0.25) is 0 Å². The predicted molar refractivity (Wildman–Crippen MR) is 146 cm³/mol. The zero-order valence-electron chi connectivity index (χ0n) is 19.4.